The Labute approximate surface area is 141 Å². The van der Waals surface area contributed by atoms with Crippen molar-refractivity contribution in [3.05, 3.63) is 0 Å². The van der Waals surface area contributed by atoms with Gasteiger partial charge in [0, 0.05) is 12.6 Å². The van der Waals surface area contributed by atoms with Crippen LogP contribution in [0.3, 0.4) is 0 Å². The first-order chi connectivity index (χ1) is 10.8. The van der Waals surface area contributed by atoms with E-state index in [9.17, 15) is 4.79 Å². The van der Waals surface area contributed by atoms with Crippen LogP contribution >= 0.6 is 0 Å². The molecule has 5 nitrogen and oxygen atoms in total. The summed E-state index contributed by atoms with van der Waals surface area (Å²) >= 11 is 0. The van der Waals surface area contributed by atoms with Gasteiger partial charge in [0.05, 0.1) is 0 Å². The van der Waals surface area contributed by atoms with Gasteiger partial charge in [-0.25, -0.2) is 4.79 Å². The van der Waals surface area contributed by atoms with E-state index in [4.69, 9.17) is 4.74 Å². The monoisotopic (exact) mass is 325 g/mol. The summed E-state index contributed by atoms with van der Waals surface area (Å²) in [6.45, 7) is 11.3. The van der Waals surface area contributed by atoms with Crippen molar-refractivity contribution in [2.24, 2.45) is 5.92 Å². The summed E-state index contributed by atoms with van der Waals surface area (Å²) in [5, 5.41) is 2.89. The molecule has 0 aliphatic carbocycles. The lowest BCUT2D eigenvalue weighted by molar-refractivity contribution is 0.0518. The molecule has 2 fully saturated rings. The first-order valence-corrected chi connectivity index (χ1v) is 9.23. The third kappa shape index (κ3) is 6.68. The van der Waals surface area contributed by atoms with Gasteiger partial charge in [-0.05, 0) is 92.0 Å². The molecule has 134 valence electrons. The van der Waals surface area contributed by atoms with E-state index in [1.54, 1.807) is 0 Å². The molecule has 0 aromatic rings. The third-order valence-electron chi connectivity index (χ3n) is 5.07. The Morgan fingerprint density at radius 3 is 2.26 bits per heavy atom. The number of alkyl carbamates (subject to hydrolysis) is 1. The van der Waals surface area contributed by atoms with Crippen molar-refractivity contribution in [1.82, 2.24) is 15.1 Å². The van der Waals surface area contributed by atoms with Crippen LogP contribution in [-0.2, 0) is 4.74 Å². The van der Waals surface area contributed by atoms with Crippen molar-refractivity contribution < 1.29 is 9.53 Å². The molecule has 2 heterocycles. The van der Waals surface area contributed by atoms with Crippen molar-refractivity contribution in [3.63, 3.8) is 0 Å². The topological polar surface area (TPSA) is 44.8 Å². The molecule has 0 radical (unpaired) electrons. The van der Waals surface area contributed by atoms with Gasteiger partial charge in [0.15, 0.2) is 0 Å². The number of amides is 1. The highest BCUT2D eigenvalue weighted by Crippen LogP contribution is 2.25. The number of nitrogens with zero attached hydrogens (tertiary/aromatic N) is 2. The highest BCUT2D eigenvalue weighted by atomic mass is 16.6. The van der Waals surface area contributed by atoms with E-state index in [1.165, 1.54) is 51.9 Å². The average molecular weight is 325 g/mol. The maximum absolute atomic E-state index is 11.6. The number of carbonyl (C=O) groups is 1. The van der Waals surface area contributed by atoms with E-state index in [0.29, 0.717) is 0 Å². The normalized spacial score (nSPS) is 23.0. The fraction of sp³-hybridized carbons (Fsp3) is 0.944. The Hall–Kier alpha value is -0.810. The van der Waals surface area contributed by atoms with Gasteiger partial charge in [-0.2, -0.15) is 0 Å². The Kier molecular flexibility index (Phi) is 6.72. The molecule has 2 saturated heterocycles. The van der Waals surface area contributed by atoms with Crippen LogP contribution in [-0.4, -0.2) is 67.3 Å². The molecule has 0 atom stereocenters. The lowest BCUT2D eigenvalue weighted by atomic mass is 9.91. The van der Waals surface area contributed by atoms with Crippen LogP contribution in [0.1, 0.15) is 52.9 Å². The zero-order valence-electron chi connectivity index (χ0n) is 15.4. The number of likely N-dealkylation sites (tertiary alicyclic amines) is 2. The Morgan fingerprint density at radius 2 is 1.70 bits per heavy atom. The average Bonchev–Trinajstić information content (AvgIpc) is 2.47. The third-order valence-corrected chi connectivity index (χ3v) is 5.07. The lowest BCUT2D eigenvalue weighted by Gasteiger charge is -2.41. The zero-order valence-corrected chi connectivity index (χ0v) is 15.4. The molecule has 0 aromatic carbocycles. The summed E-state index contributed by atoms with van der Waals surface area (Å²) in [6, 6.07) is 0.798. The minimum absolute atomic E-state index is 0.290. The van der Waals surface area contributed by atoms with E-state index in [-0.39, 0.29) is 6.09 Å². The minimum Gasteiger partial charge on any atom is -0.444 e. The fourth-order valence-electron chi connectivity index (χ4n) is 3.66. The summed E-state index contributed by atoms with van der Waals surface area (Å²) in [6.07, 6.45) is 5.95. The summed E-state index contributed by atoms with van der Waals surface area (Å²) in [5.41, 5.74) is -0.413. The van der Waals surface area contributed by atoms with Gasteiger partial charge < -0.3 is 19.9 Å². The molecule has 1 N–H and O–H groups in total. The van der Waals surface area contributed by atoms with Gasteiger partial charge in [-0.1, -0.05) is 0 Å². The second kappa shape index (κ2) is 8.34. The molecule has 0 bridgehead atoms. The number of hydrogen-bond acceptors (Lipinski definition) is 4. The van der Waals surface area contributed by atoms with Gasteiger partial charge in [-0.15, -0.1) is 0 Å². The molecule has 2 aliphatic heterocycles. The van der Waals surface area contributed by atoms with E-state index < -0.39 is 5.60 Å². The van der Waals surface area contributed by atoms with Gasteiger partial charge >= 0.3 is 6.09 Å². The quantitative estimate of drug-likeness (QED) is 0.863. The number of rotatable bonds is 4. The van der Waals surface area contributed by atoms with E-state index >= 15 is 0 Å². The van der Waals surface area contributed by atoms with Crippen LogP contribution in [0.25, 0.3) is 0 Å². The Morgan fingerprint density at radius 1 is 1.09 bits per heavy atom. The second-order valence-corrected chi connectivity index (χ2v) is 8.23. The van der Waals surface area contributed by atoms with Gasteiger partial charge in [0.2, 0.25) is 0 Å². The van der Waals surface area contributed by atoms with Crippen molar-refractivity contribution in [3.8, 4) is 0 Å². The molecule has 0 saturated carbocycles. The van der Waals surface area contributed by atoms with Crippen LogP contribution in [0.4, 0.5) is 4.79 Å². The lowest BCUT2D eigenvalue weighted by Crippen LogP contribution is -2.47. The number of nitrogens with one attached hydrogen (secondary N) is 1. The van der Waals surface area contributed by atoms with Crippen molar-refractivity contribution in [2.75, 3.05) is 39.8 Å². The molecular weight excluding hydrogens is 290 g/mol. The Balaban J connectivity index is 1.59. The molecule has 23 heavy (non-hydrogen) atoms. The molecule has 0 unspecified atom stereocenters. The number of carbonyl (C=O) groups excluding carboxylic acids is 1. The summed E-state index contributed by atoms with van der Waals surface area (Å²) in [7, 11) is 2.22. The van der Waals surface area contributed by atoms with E-state index in [1.807, 2.05) is 20.8 Å². The van der Waals surface area contributed by atoms with Crippen molar-refractivity contribution >= 4 is 6.09 Å². The molecular formula is C18H35N3O2. The number of hydrogen-bond donors (Lipinski definition) is 1. The predicted molar refractivity (Wildman–Crippen MR) is 93.7 cm³/mol. The SMILES string of the molecule is CN1CCC(N2CCC(CCNC(=O)OC(C)(C)C)CC2)CC1. The maximum atomic E-state index is 11.6. The van der Waals surface area contributed by atoms with Crippen molar-refractivity contribution in [2.45, 2.75) is 64.5 Å². The number of ether oxygens (including phenoxy) is 1. The van der Waals surface area contributed by atoms with Crippen LogP contribution < -0.4 is 5.32 Å². The largest absolute Gasteiger partial charge is 0.444 e. The van der Waals surface area contributed by atoms with Crippen LogP contribution in [0, 0.1) is 5.92 Å². The standard InChI is InChI=1S/C18H35N3O2/c1-18(2,3)23-17(22)19-10-5-15-6-13-21(14-7-15)16-8-11-20(4)12-9-16/h15-16H,5-14H2,1-4H3,(H,19,22). The highest BCUT2D eigenvalue weighted by Gasteiger charge is 2.27. The summed E-state index contributed by atoms with van der Waals surface area (Å²) in [5.74, 6) is 0.743. The highest BCUT2D eigenvalue weighted by molar-refractivity contribution is 5.67. The summed E-state index contributed by atoms with van der Waals surface area (Å²) in [4.78, 5) is 16.8. The van der Waals surface area contributed by atoms with Gasteiger partial charge in [-0.3, -0.25) is 0 Å². The molecule has 0 aromatic heterocycles. The maximum Gasteiger partial charge on any atom is 0.407 e. The van der Waals surface area contributed by atoms with E-state index in [0.717, 1.165) is 24.9 Å². The Bertz CT molecular complexity index is 365. The molecule has 2 aliphatic rings. The van der Waals surface area contributed by atoms with Gasteiger partial charge in [0.25, 0.3) is 0 Å². The summed E-state index contributed by atoms with van der Waals surface area (Å²) < 4.78 is 5.27. The zero-order chi connectivity index (χ0) is 16.9. The van der Waals surface area contributed by atoms with Crippen LogP contribution in [0.2, 0.25) is 0 Å². The molecule has 0 spiro atoms. The smallest absolute Gasteiger partial charge is 0.407 e. The van der Waals surface area contributed by atoms with Crippen LogP contribution in [0.15, 0.2) is 0 Å². The second-order valence-electron chi connectivity index (χ2n) is 8.23. The number of piperidine rings is 2. The minimum atomic E-state index is -0.413. The first kappa shape index (κ1) is 18.5. The first-order valence-electron chi connectivity index (χ1n) is 9.23. The molecule has 1 amide bonds. The predicted octanol–water partition coefficient (Wildman–Crippen LogP) is 2.71. The van der Waals surface area contributed by atoms with Crippen molar-refractivity contribution in [1.29, 1.82) is 0 Å². The van der Waals surface area contributed by atoms with E-state index in [2.05, 4.69) is 22.2 Å². The molecule has 5 heteroatoms. The van der Waals surface area contributed by atoms with Crippen LogP contribution in [0.5, 0.6) is 0 Å². The van der Waals surface area contributed by atoms with Gasteiger partial charge in [0.1, 0.15) is 5.60 Å². The fourth-order valence-corrected chi connectivity index (χ4v) is 3.66. The molecule has 2 rings (SSSR count).